The Morgan fingerprint density at radius 3 is 1.35 bits per heavy atom. The van der Waals surface area contributed by atoms with Gasteiger partial charge in [-0.3, -0.25) is 0 Å². The molecule has 0 saturated carbocycles. The largest absolute Gasteiger partial charge is 0.494 e. The zero-order chi connectivity index (χ0) is 28.8. The molecule has 3 aromatic carbocycles. The number of hydrogen-bond donors (Lipinski definition) is 2. The molecule has 0 bridgehead atoms. The number of alkyl halides is 3. The molecule has 0 aliphatic rings. The molecule has 0 spiro atoms. The molecule has 0 aliphatic heterocycles. The predicted octanol–water partition coefficient (Wildman–Crippen LogP) is 10.5. The third-order valence-corrected chi connectivity index (χ3v) is 7.45. The first-order valence-electron chi connectivity index (χ1n) is 14.8. The predicted molar refractivity (Wildman–Crippen MR) is 162 cm³/mol. The monoisotopic (exact) mass is 554 g/mol. The van der Waals surface area contributed by atoms with Gasteiger partial charge in [-0.2, -0.15) is 13.2 Å². The molecular formula is C34H45F3N2O. The fourth-order valence-electron chi connectivity index (χ4n) is 5.08. The number of anilines is 2. The quantitative estimate of drug-likeness (QED) is 0.129. The first-order chi connectivity index (χ1) is 19.2. The normalized spacial score (nSPS) is 11.6. The molecule has 3 aromatic rings. The van der Waals surface area contributed by atoms with Gasteiger partial charge in [0.1, 0.15) is 5.75 Å². The highest BCUT2D eigenvalue weighted by molar-refractivity contribution is 5.81. The van der Waals surface area contributed by atoms with Crippen LogP contribution in [0.25, 0.3) is 22.3 Å². The number of nitrogens with two attached hydrogens (primary N) is 2. The van der Waals surface area contributed by atoms with Gasteiger partial charge in [0.15, 0.2) is 0 Å². The molecular weight excluding hydrogens is 509 g/mol. The van der Waals surface area contributed by atoms with Gasteiger partial charge in [0, 0.05) is 17.8 Å². The number of hydrogen-bond acceptors (Lipinski definition) is 3. The summed E-state index contributed by atoms with van der Waals surface area (Å²) >= 11 is 0. The zero-order valence-electron chi connectivity index (χ0n) is 23.9. The van der Waals surface area contributed by atoms with Crippen molar-refractivity contribution in [2.75, 3.05) is 18.1 Å². The van der Waals surface area contributed by atoms with Gasteiger partial charge in [-0.1, -0.05) is 88.5 Å². The average Bonchev–Trinajstić information content (AvgIpc) is 2.92. The number of halogens is 3. The molecule has 0 amide bonds. The molecule has 6 heteroatoms. The second-order valence-electron chi connectivity index (χ2n) is 10.8. The maximum atomic E-state index is 12.1. The van der Waals surface area contributed by atoms with Crippen molar-refractivity contribution in [2.45, 2.75) is 96.6 Å². The molecule has 0 unspecified atom stereocenters. The van der Waals surface area contributed by atoms with Crippen LogP contribution in [0.5, 0.6) is 5.75 Å². The van der Waals surface area contributed by atoms with Crippen LogP contribution >= 0.6 is 0 Å². The molecule has 0 aliphatic carbocycles. The number of ether oxygens (including phenoxy) is 1. The number of unbranched alkanes of at least 4 members (excludes halogenated alkanes) is 11. The number of benzene rings is 3. The Morgan fingerprint density at radius 1 is 0.575 bits per heavy atom. The third kappa shape index (κ3) is 11.1. The summed E-state index contributed by atoms with van der Waals surface area (Å²) in [5.74, 6) is 0.864. The molecule has 218 valence electrons. The minimum Gasteiger partial charge on any atom is -0.494 e. The Bertz CT molecular complexity index is 1070. The van der Waals surface area contributed by atoms with E-state index < -0.39 is 12.6 Å². The van der Waals surface area contributed by atoms with E-state index in [0.717, 1.165) is 71.5 Å². The molecule has 0 radical (unpaired) electrons. The van der Waals surface area contributed by atoms with Crippen molar-refractivity contribution in [3.63, 3.8) is 0 Å². The highest BCUT2D eigenvalue weighted by atomic mass is 19.4. The summed E-state index contributed by atoms with van der Waals surface area (Å²) in [6.07, 6.45) is 7.60. The molecule has 40 heavy (non-hydrogen) atoms. The molecule has 0 heterocycles. The van der Waals surface area contributed by atoms with Crippen molar-refractivity contribution in [2.24, 2.45) is 0 Å². The Labute approximate surface area is 238 Å². The number of nitrogen functional groups attached to an aromatic ring is 2. The highest BCUT2D eigenvalue weighted by Crippen LogP contribution is 2.36. The van der Waals surface area contributed by atoms with Crippen LogP contribution in [0, 0.1) is 6.92 Å². The lowest BCUT2D eigenvalue weighted by atomic mass is 9.92. The molecule has 0 atom stereocenters. The molecule has 3 rings (SSSR count). The van der Waals surface area contributed by atoms with E-state index in [-0.39, 0.29) is 6.42 Å². The first kappa shape index (κ1) is 31.4. The van der Waals surface area contributed by atoms with Gasteiger partial charge in [-0.25, -0.2) is 0 Å². The zero-order valence-corrected chi connectivity index (χ0v) is 23.9. The van der Waals surface area contributed by atoms with Crippen molar-refractivity contribution < 1.29 is 17.9 Å². The van der Waals surface area contributed by atoms with Crippen LogP contribution in [0.1, 0.15) is 89.0 Å². The van der Waals surface area contributed by atoms with Gasteiger partial charge in [0.2, 0.25) is 0 Å². The van der Waals surface area contributed by atoms with Gasteiger partial charge in [0.25, 0.3) is 0 Å². The summed E-state index contributed by atoms with van der Waals surface area (Å²) in [5.41, 5.74) is 19.0. The minimum atomic E-state index is -4.00. The van der Waals surface area contributed by atoms with E-state index in [1.807, 2.05) is 48.5 Å². The lowest BCUT2D eigenvalue weighted by molar-refractivity contribution is -0.135. The van der Waals surface area contributed by atoms with Crippen LogP contribution in [0.4, 0.5) is 24.5 Å². The smallest absolute Gasteiger partial charge is 0.389 e. The van der Waals surface area contributed by atoms with Gasteiger partial charge in [-0.15, -0.1) is 0 Å². The maximum Gasteiger partial charge on any atom is 0.389 e. The van der Waals surface area contributed by atoms with E-state index in [1.165, 1.54) is 37.7 Å². The van der Waals surface area contributed by atoms with Gasteiger partial charge >= 0.3 is 6.18 Å². The van der Waals surface area contributed by atoms with Crippen molar-refractivity contribution in [3.05, 3.63) is 66.2 Å². The van der Waals surface area contributed by atoms with E-state index in [9.17, 15) is 13.2 Å². The third-order valence-electron chi connectivity index (χ3n) is 7.45. The summed E-state index contributed by atoms with van der Waals surface area (Å²) in [7, 11) is 0. The summed E-state index contributed by atoms with van der Waals surface area (Å²) in [4.78, 5) is 0. The Kier molecular flexibility index (Phi) is 12.7. The average molecular weight is 555 g/mol. The highest BCUT2D eigenvalue weighted by Gasteiger charge is 2.25. The minimum absolute atomic E-state index is 0.268. The lowest BCUT2D eigenvalue weighted by Crippen LogP contribution is -2.06. The molecule has 0 aromatic heterocycles. The van der Waals surface area contributed by atoms with E-state index in [1.54, 1.807) is 0 Å². The fraction of sp³-hybridized carbons (Fsp3) is 0.471. The van der Waals surface area contributed by atoms with Crippen LogP contribution in [-0.4, -0.2) is 12.8 Å². The van der Waals surface area contributed by atoms with Crippen molar-refractivity contribution >= 4 is 11.4 Å². The van der Waals surface area contributed by atoms with E-state index in [0.29, 0.717) is 13.0 Å². The van der Waals surface area contributed by atoms with Crippen LogP contribution in [-0.2, 0) is 0 Å². The molecule has 0 saturated heterocycles. The summed E-state index contributed by atoms with van der Waals surface area (Å²) in [6, 6.07) is 20.1. The van der Waals surface area contributed by atoms with Crippen molar-refractivity contribution in [3.8, 4) is 28.0 Å². The Morgan fingerprint density at radius 2 is 0.950 bits per heavy atom. The number of rotatable bonds is 17. The van der Waals surface area contributed by atoms with Gasteiger partial charge < -0.3 is 16.2 Å². The molecule has 0 fully saturated rings. The van der Waals surface area contributed by atoms with Gasteiger partial charge in [0.05, 0.1) is 6.61 Å². The van der Waals surface area contributed by atoms with E-state index >= 15 is 0 Å². The van der Waals surface area contributed by atoms with Crippen LogP contribution in [0.2, 0.25) is 0 Å². The standard InChI is InChI=1S/C34H45F3N2O/c1-26-32(27-14-18-29(38)19-15-27)24-31(25-33(26)28-16-20-30(39)21-17-28)40-23-13-11-9-7-5-3-2-4-6-8-10-12-22-34(35,36)37/h14-21,24-25H,2-13,22-23,38-39H2,1H3. The first-order valence-corrected chi connectivity index (χ1v) is 14.8. The second kappa shape index (κ2) is 16.2. The fourth-order valence-corrected chi connectivity index (χ4v) is 5.08. The lowest BCUT2D eigenvalue weighted by Gasteiger charge is -2.16. The Balaban J connectivity index is 1.39. The summed E-state index contributed by atoms with van der Waals surface area (Å²) < 4.78 is 42.7. The van der Waals surface area contributed by atoms with Crippen molar-refractivity contribution in [1.82, 2.24) is 0 Å². The van der Waals surface area contributed by atoms with Crippen LogP contribution in [0.3, 0.4) is 0 Å². The SMILES string of the molecule is Cc1c(-c2ccc(N)cc2)cc(OCCCCCCCCCCCCCCC(F)(F)F)cc1-c1ccc(N)cc1. The van der Waals surface area contributed by atoms with Crippen LogP contribution < -0.4 is 16.2 Å². The van der Waals surface area contributed by atoms with Gasteiger partial charge in [-0.05, 0) is 84.0 Å². The summed E-state index contributed by atoms with van der Waals surface area (Å²) in [6.45, 7) is 2.82. The Hall–Kier alpha value is -3.15. The van der Waals surface area contributed by atoms with Crippen molar-refractivity contribution in [1.29, 1.82) is 0 Å². The topological polar surface area (TPSA) is 61.3 Å². The van der Waals surface area contributed by atoms with E-state index in [4.69, 9.17) is 16.2 Å². The molecule has 4 N–H and O–H groups in total. The maximum absolute atomic E-state index is 12.1. The van der Waals surface area contributed by atoms with E-state index in [2.05, 4.69) is 19.1 Å². The second-order valence-corrected chi connectivity index (χ2v) is 10.8. The van der Waals surface area contributed by atoms with Crippen LogP contribution in [0.15, 0.2) is 60.7 Å². The molecule has 3 nitrogen and oxygen atoms in total. The summed E-state index contributed by atoms with van der Waals surface area (Å²) in [5, 5.41) is 0.